The lowest BCUT2D eigenvalue weighted by Gasteiger charge is -2.43. The summed E-state index contributed by atoms with van der Waals surface area (Å²) >= 11 is 2.15. The van der Waals surface area contributed by atoms with Gasteiger partial charge in [0.05, 0.1) is 6.04 Å². The van der Waals surface area contributed by atoms with E-state index in [0.717, 1.165) is 3.70 Å². The monoisotopic (exact) mass is 436 g/mol. The maximum Gasteiger partial charge on any atom is 0.304 e. The maximum atomic E-state index is 11.3. The van der Waals surface area contributed by atoms with Crippen LogP contribution in [0.25, 0.3) is 0 Å². The highest BCUT2D eigenvalue weighted by Crippen LogP contribution is 2.39. The summed E-state index contributed by atoms with van der Waals surface area (Å²) in [5.74, 6) is -0.824. The predicted octanol–water partition coefficient (Wildman–Crippen LogP) is 2.15. The number of halogens is 1. The van der Waals surface area contributed by atoms with Gasteiger partial charge in [-0.05, 0) is 28.7 Å². The van der Waals surface area contributed by atoms with Crippen molar-refractivity contribution in [1.29, 1.82) is 0 Å². The summed E-state index contributed by atoms with van der Waals surface area (Å²) in [6.07, 6.45) is 0.834. The molecule has 1 aromatic heterocycles. The van der Waals surface area contributed by atoms with Gasteiger partial charge in [-0.25, -0.2) is 0 Å². The van der Waals surface area contributed by atoms with Gasteiger partial charge in [-0.2, -0.15) is 5.10 Å². The number of nitrogens with zero attached hydrogens (tertiary/aromatic N) is 2. The highest BCUT2D eigenvalue weighted by atomic mass is 127. The molecule has 128 valence electrons. The van der Waals surface area contributed by atoms with E-state index in [-0.39, 0.29) is 36.6 Å². The Labute approximate surface area is 148 Å². The number of rotatable bonds is 4. The molecule has 2 unspecified atom stereocenters. The molecule has 1 saturated heterocycles. The first-order chi connectivity index (χ1) is 10.8. The molecule has 2 heterocycles. The van der Waals surface area contributed by atoms with E-state index in [4.69, 9.17) is 14.2 Å². The first kappa shape index (κ1) is 18.2. The van der Waals surface area contributed by atoms with E-state index in [9.17, 15) is 9.59 Å². The first-order valence-corrected chi connectivity index (χ1v) is 8.54. The Morgan fingerprint density at radius 1 is 1.30 bits per heavy atom. The van der Waals surface area contributed by atoms with Crippen LogP contribution in [-0.2, 0) is 23.8 Å². The van der Waals surface area contributed by atoms with Crippen molar-refractivity contribution in [3.8, 4) is 0 Å². The summed E-state index contributed by atoms with van der Waals surface area (Å²) in [6, 6.07) is 1.88. The molecule has 1 fully saturated rings. The molecule has 0 saturated carbocycles. The Hall–Kier alpha value is -1.16. The summed E-state index contributed by atoms with van der Waals surface area (Å²) in [5.41, 5.74) is 0. The van der Waals surface area contributed by atoms with Crippen molar-refractivity contribution in [3.05, 3.63) is 16.0 Å². The molecule has 7 nitrogen and oxygen atoms in total. The summed E-state index contributed by atoms with van der Waals surface area (Å²) in [5, 5.41) is 4.48. The lowest BCUT2D eigenvalue weighted by molar-refractivity contribution is -0.248. The van der Waals surface area contributed by atoms with Crippen LogP contribution >= 0.6 is 22.6 Å². The van der Waals surface area contributed by atoms with Crippen molar-refractivity contribution >= 4 is 34.5 Å². The molecule has 0 bridgehead atoms. The predicted molar refractivity (Wildman–Crippen MR) is 89.4 cm³/mol. The van der Waals surface area contributed by atoms with Crippen molar-refractivity contribution in [2.75, 3.05) is 6.61 Å². The number of ether oxygens (including phenoxy) is 3. The quantitative estimate of drug-likeness (QED) is 0.532. The van der Waals surface area contributed by atoms with E-state index in [0.29, 0.717) is 0 Å². The fraction of sp³-hybridized carbons (Fsp3) is 0.667. The minimum Gasteiger partial charge on any atom is -0.463 e. The number of carbonyl (C=O) groups is 2. The molecule has 0 amide bonds. The Kier molecular flexibility index (Phi) is 6.01. The fourth-order valence-electron chi connectivity index (χ4n) is 2.93. The zero-order valence-electron chi connectivity index (χ0n) is 13.6. The topological polar surface area (TPSA) is 79.7 Å². The Morgan fingerprint density at radius 3 is 2.52 bits per heavy atom. The van der Waals surface area contributed by atoms with Crippen LogP contribution in [0.1, 0.15) is 33.7 Å². The van der Waals surface area contributed by atoms with E-state index in [1.54, 1.807) is 0 Å². The second kappa shape index (κ2) is 7.61. The molecule has 0 aromatic carbocycles. The van der Waals surface area contributed by atoms with E-state index >= 15 is 0 Å². The summed E-state index contributed by atoms with van der Waals surface area (Å²) in [6.45, 7) is 6.81. The normalized spacial score (nSPS) is 30.7. The summed E-state index contributed by atoms with van der Waals surface area (Å²) in [4.78, 5) is 22.4. The average molecular weight is 436 g/mol. The first-order valence-electron chi connectivity index (χ1n) is 7.46. The van der Waals surface area contributed by atoms with Gasteiger partial charge in [0.2, 0.25) is 6.29 Å². The molecule has 0 N–H and O–H groups in total. The lowest BCUT2D eigenvalue weighted by atomic mass is 9.83. The third-order valence-electron chi connectivity index (χ3n) is 4.02. The number of aromatic nitrogens is 2. The third-order valence-corrected chi connectivity index (χ3v) is 4.59. The molecular formula is C15H21IN2O5. The highest BCUT2D eigenvalue weighted by Gasteiger charge is 2.44. The second-order valence-corrected chi connectivity index (χ2v) is 6.89. The SMILES string of the molecule is CC(=O)OCC1O[C@@H](OC(C)=O)C(C)[C@@H](n2ccc(I)n2)[C@H]1C. The number of hydrogen-bond donors (Lipinski definition) is 0. The Morgan fingerprint density at radius 2 is 2.00 bits per heavy atom. The molecule has 2 rings (SSSR count). The standard InChI is InChI=1S/C15H21IN2O5/c1-8-12(7-21-10(3)19)23-15(22-11(4)20)9(2)14(8)18-6-5-13(16)17-18/h5-6,8-9,12,14-15H,7H2,1-4H3/t8-,9?,12?,14-,15+/m0/s1. The van der Waals surface area contributed by atoms with Crippen molar-refractivity contribution in [3.63, 3.8) is 0 Å². The van der Waals surface area contributed by atoms with Gasteiger partial charge in [0.25, 0.3) is 0 Å². The minimum absolute atomic E-state index is 0.0304. The smallest absolute Gasteiger partial charge is 0.304 e. The minimum atomic E-state index is -0.698. The lowest BCUT2D eigenvalue weighted by Crippen LogP contribution is -2.50. The second-order valence-electron chi connectivity index (χ2n) is 5.78. The molecule has 5 atom stereocenters. The van der Waals surface area contributed by atoms with Crippen LogP contribution in [0.2, 0.25) is 0 Å². The van der Waals surface area contributed by atoms with Gasteiger partial charge in [0, 0.05) is 31.9 Å². The van der Waals surface area contributed by atoms with Crippen LogP contribution < -0.4 is 0 Å². The van der Waals surface area contributed by atoms with Crippen LogP contribution in [0, 0.1) is 15.5 Å². The maximum absolute atomic E-state index is 11.3. The van der Waals surface area contributed by atoms with Crippen molar-refractivity contribution < 1.29 is 23.8 Å². The molecule has 0 aliphatic carbocycles. The molecule has 1 aliphatic heterocycles. The molecule has 1 aromatic rings. The van der Waals surface area contributed by atoms with Crippen molar-refractivity contribution in [1.82, 2.24) is 9.78 Å². The van der Waals surface area contributed by atoms with E-state index in [1.807, 2.05) is 30.8 Å². The van der Waals surface area contributed by atoms with Gasteiger partial charge in [0.1, 0.15) is 16.4 Å². The average Bonchev–Trinajstić information content (AvgIpc) is 2.86. The summed E-state index contributed by atoms with van der Waals surface area (Å²) in [7, 11) is 0. The number of carbonyl (C=O) groups excluding carboxylic acids is 2. The number of hydrogen-bond acceptors (Lipinski definition) is 6. The van der Waals surface area contributed by atoms with E-state index < -0.39 is 12.3 Å². The van der Waals surface area contributed by atoms with Gasteiger partial charge in [-0.15, -0.1) is 0 Å². The molecule has 8 heteroatoms. The van der Waals surface area contributed by atoms with E-state index in [1.165, 1.54) is 13.8 Å². The third kappa shape index (κ3) is 4.43. The van der Waals surface area contributed by atoms with Crippen LogP contribution in [0.5, 0.6) is 0 Å². The van der Waals surface area contributed by atoms with Gasteiger partial charge >= 0.3 is 11.9 Å². The molecule has 23 heavy (non-hydrogen) atoms. The van der Waals surface area contributed by atoms with Crippen LogP contribution in [0.4, 0.5) is 0 Å². The molecular weight excluding hydrogens is 415 g/mol. The van der Waals surface area contributed by atoms with E-state index in [2.05, 4.69) is 27.7 Å². The number of esters is 2. The van der Waals surface area contributed by atoms with Crippen LogP contribution in [-0.4, -0.2) is 40.7 Å². The van der Waals surface area contributed by atoms with Gasteiger partial charge in [-0.3, -0.25) is 14.3 Å². The highest BCUT2D eigenvalue weighted by molar-refractivity contribution is 14.1. The molecule has 0 radical (unpaired) electrons. The summed E-state index contributed by atoms with van der Waals surface area (Å²) < 4.78 is 19.0. The van der Waals surface area contributed by atoms with Crippen LogP contribution in [0.15, 0.2) is 12.3 Å². The Bertz CT molecular complexity index is 576. The van der Waals surface area contributed by atoms with Gasteiger partial charge in [-0.1, -0.05) is 13.8 Å². The fourth-order valence-corrected chi connectivity index (χ4v) is 3.34. The van der Waals surface area contributed by atoms with Crippen LogP contribution in [0.3, 0.4) is 0 Å². The van der Waals surface area contributed by atoms with Gasteiger partial charge < -0.3 is 14.2 Å². The molecule has 0 spiro atoms. The van der Waals surface area contributed by atoms with Crippen molar-refractivity contribution in [2.24, 2.45) is 11.8 Å². The zero-order valence-corrected chi connectivity index (χ0v) is 15.7. The van der Waals surface area contributed by atoms with Gasteiger partial charge in [0.15, 0.2) is 0 Å². The van der Waals surface area contributed by atoms with Crippen molar-refractivity contribution in [2.45, 2.75) is 46.1 Å². The largest absolute Gasteiger partial charge is 0.463 e. The molecule has 1 aliphatic rings. The Balaban J connectivity index is 2.25. The zero-order chi connectivity index (χ0) is 17.1.